The third-order valence-electron chi connectivity index (χ3n) is 2.97. The van der Waals surface area contributed by atoms with Crippen molar-refractivity contribution >= 4 is 19.8 Å². The number of rotatable bonds is 3. The molecule has 3 nitrogen and oxygen atoms in total. The average Bonchev–Trinajstić information content (AvgIpc) is 2.71. The molecule has 1 aromatic heterocycles. The summed E-state index contributed by atoms with van der Waals surface area (Å²) in [6.45, 7) is 4.78. The fraction of sp³-hybridized carbons (Fsp3) is 0.818. The summed E-state index contributed by atoms with van der Waals surface area (Å²) in [5.74, 6) is 0.874. The molecule has 4 heteroatoms. The van der Waals surface area contributed by atoms with Crippen molar-refractivity contribution < 1.29 is 0 Å². The summed E-state index contributed by atoms with van der Waals surface area (Å²) in [6, 6.07) is 0. The first-order valence-corrected chi connectivity index (χ1v) is 9.99. The van der Waals surface area contributed by atoms with E-state index in [0.717, 1.165) is 9.84 Å². The Bertz CT molecular complexity index is 284. The van der Waals surface area contributed by atoms with Crippen LogP contribution in [0.5, 0.6) is 0 Å². The van der Waals surface area contributed by atoms with Gasteiger partial charge >= 0.3 is 99.2 Å². The number of halogens is 1. The molecule has 0 N–H and O–H groups in total. The van der Waals surface area contributed by atoms with Gasteiger partial charge in [-0.05, 0) is 0 Å². The molecule has 2 heterocycles. The molecule has 0 amide bonds. The Morgan fingerprint density at radius 3 is 3.00 bits per heavy atom. The summed E-state index contributed by atoms with van der Waals surface area (Å²) in [7, 11) is 0. The van der Waals surface area contributed by atoms with Gasteiger partial charge in [0, 0.05) is 0 Å². The van der Waals surface area contributed by atoms with Crippen LogP contribution in [-0.2, 0) is 4.55 Å². The third-order valence-corrected chi connectivity index (χ3v) is 11.0. The molecule has 2 rings (SSSR count). The molecular weight excluding hydrogens is 301 g/mol. The van der Waals surface area contributed by atoms with Crippen LogP contribution in [0.25, 0.3) is 0 Å². The first kappa shape index (κ1) is 11.4. The number of aromatic nitrogens is 3. The van der Waals surface area contributed by atoms with E-state index in [1.165, 1.54) is 28.2 Å². The SMILES string of the molecule is CC(C)C1CCCCI1Cn1cncn1. The van der Waals surface area contributed by atoms with Gasteiger partial charge in [0.25, 0.3) is 0 Å². The van der Waals surface area contributed by atoms with E-state index >= 15 is 0 Å². The van der Waals surface area contributed by atoms with Crippen molar-refractivity contribution in [3.8, 4) is 0 Å². The van der Waals surface area contributed by atoms with Gasteiger partial charge in [0.15, 0.2) is 0 Å². The van der Waals surface area contributed by atoms with Gasteiger partial charge in [-0.15, -0.1) is 0 Å². The van der Waals surface area contributed by atoms with Crippen LogP contribution >= 0.6 is 19.8 Å². The van der Waals surface area contributed by atoms with Gasteiger partial charge in [-0.25, -0.2) is 0 Å². The van der Waals surface area contributed by atoms with Crippen LogP contribution in [0.3, 0.4) is 0 Å². The first-order chi connectivity index (χ1) is 7.27. The summed E-state index contributed by atoms with van der Waals surface area (Å²) in [5, 5.41) is 4.25. The quantitative estimate of drug-likeness (QED) is 0.633. The van der Waals surface area contributed by atoms with Gasteiger partial charge < -0.3 is 0 Å². The van der Waals surface area contributed by atoms with Crippen molar-refractivity contribution in [1.82, 2.24) is 14.8 Å². The Morgan fingerprint density at radius 1 is 1.47 bits per heavy atom. The molecular formula is C11H20IN3. The van der Waals surface area contributed by atoms with Gasteiger partial charge in [-0.3, -0.25) is 0 Å². The topological polar surface area (TPSA) is 30.7 Å². The predicted octanol–water partition coefficient (Wildman–Crippen LogP) is 2.95. The standard InChI is InChI=1S/C11H20IN3/c1-10(2)11-5-3-4-6-12(11)7-15-9-13-8-14-15/h8-11H,3-7H2,1-2H3. The molecule has 15 heavy (non-hydrogen) atoms. The summed E-state index contributed by atoms with van der Waals surface area (Å²) in [5.41, 5.74) is 0. The summed E-state index contributed by atoms with van der Waals surface area (Å²) in [4.78, 5) is 4.03. The van der Waals surface area contributed by atoms with Gasteiger partial charge in [0.2, 0.25) is 0 Å². The second-order valence-corrected chi connectivity index (χ2v) is 10.7. The molecule has 0 spiro atoms. The molecule has 1 aliphatic heterocycles. The molecule has 1 saturated heterocycles. The number of hydrogen-bond donors (Lipinski definition) is 0. The van der Waals surface area contributed by atoms with E-state index < -0.39 is 19.8 Å². The van der Waals surface area contributed by atoms with Crippen LogP contribution in [0.1, 0.15) is 33.1 Å². The second-order valence-electron chi connectivity index (χ2n) is 4.50. The van der Waals surface area contributed by atoms with Gasteiger partial charge in [-0.2, -0.15) is 0 Å². The van der Waals surface area contributed by atoms with Crippen molar-refractivity contribution in [3.05, 3.63) is 12.7 Å². The molecule has 1 fully saturated rings. The first-order valence-electron chi connectivity index (χ1n) is 5.70. The number of hydrogen-bond acceptors (Lipinski definition) is 2. The van der Waals surface area contributed by atoms with E-state index in [4.69, 9.17) is 0 Å². The van der Waals surface area contributed by atoms with Gasteiger partial charge in [0.1, 0.15) is 0 Å². The molecule has 86 valence electrons. The van der Waals surface area contributed by atoms with Crippen molar-refractivity contribution in [1.29, 1.82) is 0 Å². The minimum absolute atomic E-state index is 0.815. The van der Waals surface area contributed by atoms with Gasteiger partial charge in [0.05, 0.1) is 0 Å². The Labute approximate surface area is 99.0 Å². The monoisotopic (exact) mass is 321 g/mol. The maximum absolute atomic E-state index is 4.25. The van der Waals surface area contributed by atoms with Crippen molar-refractivity contribution in [2.24, 2.45) is 5.92 Å². The molecule has 0 aliphatic carbocycles. The Hall–Kier alpha value is -0.130. The minimum atomic E-state index is -0.815. The van der Waals surface area contributed by atoms with Gasteiger partial charge in [-0.1, -0.05) is 0 Å². The summed E-state index contributed by atoms with van der Waals surface area (Å²) >= 11 is -0.815. The third kappa shape index (κ3) is 2.92. The molecule has 1 aliphatic rings. The molecule has 0 aromatic carbocycles. The van der Waals surface area contributed by atoms with E-state index in [0.29, 0.717) is 0 Å². The van der Waals surface area contributed by atoms with Crippen molar-refractivity contribution in [3.63, 3.8) is 0 Å². The Balaban J connectivity index is 1.99. The summed E-state index contributed by atoms with van der Waals surface area (Å²) < 4.78 is 5.83. The Morgan fingerprint density at radius 2 is 2.33 bits per heavy atom. The van der Waals surface area contributed by atoms with Crippen LogP contribution in [0, 0.1) is 5.92 Å². The zero-order chi connectivity index (χ0) is 10.7. The molecule has 0 saturated carbocycles. The van der Waals surface area contributed by atoms with Crippen LogP contribution in [0.15, 0.2) is 12.7 Å². The van der Waals surface area contributed by atoms with E-state index in [-0.39, 0.29) is 0 Å². The molecule has 1 unspecified atom stereocenters. The fourth-order valence-electron chi connectivity index (χ4n) is 2.19. The number of nitrogens with zero attached hydrogens (tertiary/aromatic N) is 3. The molecule has 0 radical (unpaired) electrons. The maximum atomic E-state index is 4.25. The molecule has 0 bridgehead atoms. The van der Waals surface area contributed by atoms with E-state index in [1.54, 1.807) is 6.33 Å². The zero-order valence-corrected chi connectivity index (χ0v) is 11.7. The zero-order valence-electron chi connectivity index (χ0n) is 9.56. The second kappa shape index (κ2) is 5.27. The average molecular weight is 321 g/mol. The van der Waals surface area contributed by atoms with Crippen LogP contribution in [0.4, 0.5) is 0 Å². The predicted molar refractivity (Wildman–Crippen MR) is 71.4 cm³/mol. The number of alkyl halides is 3. The molecule has 1 atom stereocenters. The summed E-state index contributed by atoms with van der Waals surface area (Å²) in [6.07, 6.45) is 7.92. The normalized spacial score (nSPS) is 24.7. The van der Waals surface area contributed by atoms with E-state index in [2.05, 4.69) is 28.6 Å². The Kier molecular flexibility index (Phi) is 3.99. The van der Waals surface area contributed by atoms with Crippen molar-refractivity contribution in [2.75, 3.05) is 4.43 Å². The van der Waals surface area contributed by atoms with E-state index in [9.17, 15) is 0 Å². The van der Waals surface area contributed by atoms with Crippen LogP contribution in [-0.4, -0.2) is 23.1 Å². The van der Waals surface area contributed by atoms with E-state index in [1.807, 2.05) is 6.33 Å². The molecule has 1 aromatic rings. The van der Waals surface area contributed by atoms with Crippen LogP contribution in [0.2, 0.25) is 0 Å². The fourth-order valence-corrected chi connectivity index (χ4v) is 9.96. The van der Waals surface area contributed by atoms with Crippen LogP contribution < -0.4 is 0 Å². The van der Waals surface area contributed by atoms with Crippen molar-refractivity contribution in [2.45, 2.75) is 41.6 Å².